The van der Waals surface area contributed by atoms with E-state index in [1.807, 2.05) is 23.5 Å². The first-order valence-electron chi connectivity index (χ1n) is 18.0. The Morgan fingerprint density at radius 1 is 0.415 bits per heavy atom. The standard InChI is InChI=1S/C48H32N3S2/c1-5-18-41-35(13-1)36-14-2-6-19-42(36)50(41)45-22-9-10-23-47(45)53-34-26-27-48(52-33-25-24-32-31-49-28-12-11-17-40(49)39(32)29-33)46(30-34)51-43-20-7-3-15-37(43)38-16-4-8-21-44(38)51/h1-30H,31H2/q+1. The van der Waals surface area contributed by atoms with Gasteiger partial charge in [-0.25, -0.2) is 0 Å². The molecule has 53 heavy (non-hydrogen) atoms. The van der Waals surface area contributed by atoms with Crippen LogP contribution in [0, 0.1) is 0 Å². The largest absolute Gasteiger partial charge is 0.308 e. The van der Waals surface area contributed by atoms with E-state index in [9.17, 15) is 0 Å². The first-order chi connectivity index (χ1) is 26.3. The number of fused-ring (bicyclic) bond motifs is 9. The molecule has 0 saturated carbocycles. The molecule has 5 heteroatoms. The predicted molar refractivity (Wildman–Crippen MR) is 221 cm³/mol. The Kier molecular flexibility index (Phi) is 7.10. The second-order valence-corrected chi connectivity index (χ2v) is 15.8. The van der Waals surface area contributed by atoms with Crippen LogP contribution in [0.1, 0.15) is 5.56 Å². The molecule has 0 saturated heterocycles. The fourth-order valence-electron chi connectivity index (χ4n) is 8.21. The zero-order valence-corrected chi connectivity index (χ0v) is 30.3. The summed E-state index contributed by atoms with van der Waals surface area (Å²) in [7, 11) is 0. The van der Waals surface area contributed by atoms with Gasteiger partial charge in [0.2, 0.25) is 5.69 Å². The third kappa shape index (κ3) is 4.96. The van der Waals surface area contributed by atoms with Gasteiger partial charge in [0.25, 0.3) is 0 Å². The molecule has 0 unspecified atom stereocenters. The van der Waals surface area contributed by atoms with Crippen molar-refractivity contribution in [3.8, 4) is 22.6 Å². The van der Waals surface area contributed by atoms with Crippen molar-refractivity contribution >= 4 is 67.1 Å². The molecule has 4 heterocycles. The van der Waals surface area contributed by atoms with Crippen molar-refractivity contribution in [1.82, 2.24) is 9.13 Å². The number of hydrogen-bond donors (Lipinski definition) is 0. The van der Waals surface area contributed by atoms with E-state index >= 15 is 0 Å². The summed E-state index contributed by atoms with van der Waals surface area (Å²) in [4.78, 5) is 4.86. The molecule has 11 rings (SSSR count). The second kappa shape index (κ2) is 12.3. The van der Waals surface area contributed by atoms with Crippen molar-refractivity contribution in [3.05, 3.63) is 188 Å². The van der Waals surface area contributed by atoms with Crippen LogP contribution in [0.3, 0.4) is 0 Å². The van der Waals surface area contributed by atoms with Crippen molar-refractivity contribution in [2.24, 2.45) is 0 Å². The van der Waals surface area contributed by atoms with Crippen LogP contribution < -0.4 is 4.57 Å². The molecule has 3 aromatic heterocycles. The van der Waals surface area contributed by atoms with E-state index in [1.165, 1.54) is 91.4 Å². The number of benzene rings is 7. The molecule has 10 aromatic rings. The van der Waals surface area contributed by atoms with E-state index in [1.54, 1.807) is 0 Å². The maximum atomic E-state index is 2.47. The molecule has 0 bridgehead atoms. The number of hydrogen-bond acceptors (Lipinski definition) is 2. The molecule has 0 atom stereocenters. The Morgan fingerprint density at radius 2 is 0.906 bits per heavy atom. The summed E-state index contributed by atoms with van der Waals surface area (Å²) in [6.45, 7) is 0.922. The Labute approximate surface area is 315 Å². The van der Waals surface area contributed by atoms with Crippen molar-refractivity contribution < 1.29 is 4.57 Å². The number of aromatic nitrogens is 3. The van der Waals surface area contributed by atoms with Gasteiger partial charge in [0.15, 0.2) is 12.7 Å². The zero-order chi connectivity index (χ0) is 34.9. The molecule has 0 spiro atoms. The first-order valence-corrected chi connectivity index (χ1v) is 19.6. The van der Waals surface area contributed by atoms with Crippen LogP contribution in [-0.4, -0.2) is 9.13 Å². The van der Waals surface area contributed by atoms with Crippen LogP contribution in [0.4, 0.5) is 0 Å². The van der Waals surface area contributed by atoms with Gasteiger partial charge >= 0.3 is 0 Å². The highest BCUT2D eigenvalue weighted by Crippen LogP contribution is 2.44. The molecule has 0 fully saturated rings. The van der Waals surface area contributed by atoms with Gasteiger partial charge in [-0.2, -0.15) is 4.57 Å². The van der Waals surface area contributed by atoms with Crippen molar-refractivity contribution in [2.75, 3.05) is 0 Å². The lowest BCUT2D eigenvalue weighted by molar-refractivity contribution is -0.672. The summed E-state index contributed by atoms with van der Waals surface area (Å²) in [5.41, 5.74) is 11.2. The van der Waals surface area contributed by atoms with Crippen LogP contribution in [0.25, 0.3) is 66.2 Å². The summed E-state index contributed by atoms with van der Waals surface area (Å²) < 4.78 is 7.23. The first kappa shape index (κ1) is 30.6. The van der Waals surface area contributed by atoms with Crippen molar-refractivity contribution in [1.29, 1.82) is 0 Å². The molecule has 1 aliphatic heterocycles. The summed E-state index contributed by atoms with van der Waals surface area (Å²) in [5, 5.41) is 5.07. The highest BCUT2D eigenvalue weighted by atomic mass is 32.2. The molecular weight excluding hydrogens is 683 g/mol. The minimum atomic E-state index is 0.922. The molecule has 3 nitrogen and oxygen atoms in total. The highest BCUT2D eigenvalue weighted by molar-refractivity contribution is 8.00. The van der Waals surface area contributed by atoms with Gasteiger partial charge in [0.1, 0.15) is 0 Å². The summed E-state index contributed by atoms with van der Waals surface area (Å²) in [5.74, 6) is 0. The number of pyridine rings is 1. The highest BCUT2D eigenvalue weighted by Gasteiger charge is 2.26. The molecular formula is C48H32N3S2+. The third-order valence-electron chi connectivity index (χ3n) is 10.5. The van der Waals surface area contributed by atoms with Crippen LogP contribution >= 0.6 is 23.5 Å². The molecule has 0 aliphatic carbocycles. The smallest absolute Gasteiger partial charge is 0.213 e. The lowest BCUT2D eigenvalue weighted by Crippen LogP contribution is -2.31. The fourth-order valence-corrected chi connectivity index (χ4v) is 10.1. The summed E-state index contributed by atoms with van der Waals surface area (Å²) in [6, 6.07) is 64.4. The summed E-state index contributed by atoms with van der Waals surface area (Å²) >= 11 is 3.67. The monoisotopic (exact) mass is 714 g/mol. The van der Waals surface area contributed by atoms with Crippen LogP contribution in [0.15, 0.2) is 202 Å². The topological polar surface area (TPSA) is 13.7 Å². The molecule has 0 N–H and O–H groups in total. The van der Waals surface area contributed by atoms with Crippen LogP contribution in [-0.2, 0) is 6.54 Å². The lowest BCUT2D eigenvalue weighted by atomic mass is 10.1. The van der Waals surface area contributed by atoms with Gasteiger partial charge in [0, 0.05) is 58.8 Å². The van der Waals surface area contributed by atoms with Gasteiger partial charge < -0.3 is 9.13 Å². The van der Waals surface area contributed by atoms with E-state index in [4.69, 9.17) is 0 Å². The SMILES string of the molecule is c1ccc(-n2c3ccccc3c3ccccc32)c(Sc2ccc(Sc3ccc4c(c3)-c3cccc[n+]3C4)c(-n3c4ccccc4c4ccccc43)c2)c1. The molecule has 250 valence electrons. The molecule has 1 aliphatic rings. The Morgan fingerprint density at radius 3 is 1.55 bits per heavy atom. The van der Waals surface area contributed by atoms with E-state index in [2.05, 4.69) is 196 Å². The van der Waals surface area contributed by atoms with E-state index in [0.717, 1.165) is 6.54 Å². The maximum absolute atomic E-state index is 2.47. The Bertz CT molecular complexity index is 2950. The average molecular weight is 715 g/mol. The normalized spacial score (nSPS) is 12.2. The van der Waals surface area contributed by atoms with Gasteiger partial charge in [-0.3, -0.25) is 0 Å². The quantitative estimate of drug-likeness (QED) is 0.159. The Balaban J connectivity index is 1.07. The number of rotatable bonds is 6. The zero-order valence-electron chi connectivity index (χ0n) is 28.7. The van der Waals surface area contributed by atoms with E-state index in [-0.39, 0.29) is 0 Å². The third-order valence-corrected chi connectivity index (χ3v) is 12.6. The van der Waals surface area contributed by atoms with E-state index < -0.39 is 0 Å². The molecule has 7 aromatic carbocycles. The predicted octanol–water partition coefficient (Wildman–Crippen LogP) is 12.5. The van der Waals surface area contributed by atoms with Crippen LogP contribution in [0.5, 0.6) is 0 Å². The lowest BCUT2D eigenvalue weighted by Gasteiger charge is -2.17. The van der Waals surface area contributed by atoms with Crippen LogP contribution in [0.2, 0.25) is 0 Å². The Hall–Kier alpha value is -6.01. The minimum Gasteiger partial charge on any atom is -0.308 e. The average Bonchev–Trinajstić information content (AvgIpc) is 3.86. The maximum Gasteiger partial charge on any atom is 0.213 e. The second-order valence-electron chi connectivity index (χ2n) is 13.6. The molecule has 0 radical (unpaired) electrons. The van der Waals surface area contributed by atoms with Gasteiger partial charge in [-0.05, 0) is 72.8 Å². The van der Waals surface area contributed by atoms with Crippen molar-refractivity contribution in [2.45, 2.75) is 26.1 Å². The van der Waals surface area contributed by atoms with Gasteiger partial charge in [0.05, 0.1) is 39.0 Å². The van der Waals surface area contributed by atoms with Crippen molar-refractivity contribution in [3.63, 3.8) is 0 Å². The summed E-state index contributed by atoms with van der Waals surface area (Å²) in [6.07, 6.45) is 2.18. The van der Waals surface area contributed by atoms with Gasteiger partial charge in [-0.15, -0.1) is 0 Å². The fraction of sp³-hybridized carbons (Fsp3) is 0.0208. The van der Waals surface area contributed by atoms with E-state index in [0.29, 0.717) is 0 Å². The minimum absolute atomic E-state index is 0.922. The van der Waals surface area contributed by atoms with Gasteiger partial charge in [-0.1, -0.05) is 115 Å². The number of para-hydroxylation sites is 5. The number of nitrogens with zero attached hydrogens (tertiary/aromatic N) is 3. The molecule has 0 amide bonds.